The molecular weight excluding hydrogens is 163 g/mol. The minimum absolute atomic E-state index is 0.560. The predicted molar refractivity (Wildman–Crippen MR) is 51.0 cm³/mol. The first-order valence-electron chi connectivity index (χ1n) is 4.19. The van der Waals surface area contributed by atoms with Crippen LogP contribution in [0.25, 0.3) is 5.69 Å². The lowest BCUT2D eigenvalue weighted by Crippen LogP contribution is -2.33. The van der Waals surface area contributed by atoms with Gasteiger partial charge in [0.1, 0.15) is 11.5 Å². The Bertz CT molecular complexity index is 452. The van der Waals surface area contributed by atoms with E-state index in [1.165, 1.54) is 0 Å². The molecule has 0 aliphatic carbocycles. The summed E-state index contributed by atoms with van der Waals surface area (Å²) in [5.41, 5.74) is 2.03. The third kappa shape index (κ3) is 0.885. The van der Waals surface area contributed by atoms with Gasteiger partial charge in [-0.05, 0) is 12.1 Å². The molecule has 1 aliphatic rings. The van der Waals surface area contributed by atoms with Gasteiger partial charge in [0.2, 0.25) is 0 Å². The number of nitrogens with zero attached hydrogens (tertiary/aromatic N) is 2. The van der Waals surface area contributed by atoms with E-state index < -0.39 is 0 Å². The van der Waals surface area contributed by atoms with Gasteiger partial charge in [-0.25, -0.2) is 4.98 Å². The summed E-state index contributed by atoms with van der Waals surface area (Å²) >= 11 is 0. The summed E-state index contributed by atoms with van der Waals surface area (Å²) in [5, 5.41) is 0. The van der Waals surface area contributed by atoms with Crippen LogP contribution < -0.4 is 10.4 Å². The Morgan fingerprint density at radius 1 is 1.31 bits per heavy atom. The second-order valence-electron chi connectivity index (χ2n) is 2.97. The van der Waals surface area contributed by atoms with Crippen molar-refractivity contribution < 1.29 is 4.65 Å². The Kier molecular flexibility index (Phi) is 1.24. The zero-order valence-electron chi connectivity index (χ0n) is 6.97. The maximum atomic E-state index is 5.52. The van der Waals surface area contributed by atoms with E-state index in [2.05, 4.69) is 9.55 Å². The lowest BCUT2D eigenvalue weighted by Gasteiger charge is -2.18. The molecule has 0 saturated carbocycles. The van der Waals surface area contributed by atoms with Gasteiger partial charge < -0.3 is 9.22 Å². The minimum Gasteiger partial charge on any atom is -0.554 e. The zero-order valence-corrected chi connectivity index (χ0v) is 6.97. The Morgan fingerprint density at radius 2 is 2.23 bits per heavy atom. The van der Waals surface area contributed by atoms with E-state index in [1.807, 2.05) is 30.5 Å². The first-order valence-corrected chi connectivity index (χ1v) is 4.19. The molecular formula is C9H7BN2O. The molecule has 0 radical (unpaired) electrons. The molecule has 0 N–H and O–H groups in total. The van der Waals surface area contributed by atoms with E-state index in [4.69, 9.17) is 4.65 Å². The Morgan fingerprint density at radius 3 is 3.23 bits per heavy atom. The van der Waals surface area contributed by atoms with E-state index in [1.54, 1.807) is 6.20 Å². The number of imidazole rings is 1. The van der Waals surface area contributed by atoms with Crippen molar-refractivity contribution in [3.05, 3.63) is 36.7 Å². The third-order valence-corrected chi connectivity index (χ3v) is 2.20. The summed E-state index contributed by atoms with van der Waals surface area (Å²) in [6.07, 6.45) is 3.75. The molecule has 3 nitrogen and oxygen atoms in total. The van der Waals surface area contributed by atoms with E-state index in [0.29, 0.717) is 7.48 Å². The molecule has 0 amide bonds. The third-order valence-electron chi connectivity index (χ3n) is 2.20. The average molecular weight is 170 g/mol. The number of fused-ring (bicyclic) bond motifs is 3. The number of benzene rings is 1. The monoisotopic (exact) mass is 170 g/mol. The maximum absolute atomic E-state index is 5.52. The van der Waals surface area contributed by atoms with Crippen molar-refractivity contribution in [1.82, 2.24) is 9.55 Å². The highest BCUT2D eigenvalue weighted by Gasteiger charge is 2.17. The fraction of sp³-hybridized carbons (Fsp3) is 0. The van der Waals surface area contributed by atoms with Crippen LogP contribution in [-0.4, -0.2) is 17.0 Å². The average Bonchev–Trinajstić information content (AvgIpc) is 2.65. The predicted octanol–water partition coefficient (Wildman–Crippen LogP) is 0.241. The van der Waals surface area contributed by atoms with Gasteiger partial charge in [-0.15, -0.1) is 0 Å². The van der Waals surface area contributed by atoms with Crippen LogP contribution in [0.5, 0.6) is 5.75 Å². The standard InChI is InChI=1S/C9H7BN2O/c1-2-4-8-7(3-1)12-6-5-11-9(12)10-13-8/h1-6,10H. The van der Waals surface area contributed by atoms with Crippen LogP contribution in [0.1, 0.15) is 0 Å². The molecule has 13 heavy (non-hydrogen) atoms. The molecule has 4 heteroatoms. The van der Waals surface area contributed by atoms with Gasteiger partial charge in [-0.1, -0.05) is 12.1 Å². The second kappa shape index (κ2) is 2.39. The van der Waals surface area contributed by atoms with Gasteiger partial charge in [-0.2, -0.15) is 0 Å². The van der Waals surface area contributed by atoms with Crippen molar-refractivity contribution in [3.8, 4) is 11.4 Å². The van der Waals surface area contributed by atoms with Crippen LogP contribution in [0.15, 0.2) is 36.7 Å². The molecule has 0 bridgehead atoms. The summed E-state index contributed by atoms with van der Waals surface area (Å²) in [6.45, 7) is 0. The van der Waals surface area contributed by atoms with E-state index in [0.717, 1.165) is 17.2 Å². The molecule has 3 rings (SSSR count). The number of para-hydroxylation sites is 2. The smallest absolute Gasteiger partial charge is 0.412 e. The zero-order chi connectivity index (χ0) is 8.67. The highest BCUT2D eigenvalue weighted by Crippen LogP contribution is 2.23. The molecule has 1 aliphatic heterocycles. The highest BCUT2D eigenvalue weighted by molar-refractivity contribution is 6.46. The molecule has 2 heterocycles. The Hall–Kier alpha value is -1.71. The molecule has 1 aromatic heterocycles. The minimum atomic E-state index is 0.560. The molecule has 0 spiro atoms. The summed E-state index contributed by atoms with van der Waals surface area (Å²) in [7, 11) is 0.560. The number of aromatic nitrogens is 2. The molecule has 0 fully saturated rings. The Balaban J connectivity index is 2.30. The fourth-order valence-electron chi connectivity index (χ4n) is 1.58. The van der Waals surface area contributed by atoms with Crippen molar-refractivity contribution >= 4 is 13.2 Å². The summed E-state index contributed by atoms with van der Waals surface area (Å²) in [6, 6.07) is 7.97. The van der Waals surface area contributed by atoms with Crippen molar-refractivity contribution in [2.75, 3.05) is 0 Å². The van der Waals surface area contributed by atoms with Gasteiger partial charge in [-0.3, -0.25) is 0 Å². The fourth-order valence-corrected chi connectivity index (χ4v) is 1.58. The molecule has 62 valence electrons. The largest absolute Gasteiger partial charge is 0.554 e. The van der Waals surface area contributed by atoms with E-state index >= 15 is 0 Å². The summed E-state index contributed by atoms with van der Waals surface area (Å²) in [4.78, 5) is 4.19. The van der Waals surface area contributed by atoms with Crippen molar-refractivity contribution in [2.45, 2.75) is 0 Å². The first kappa shape index (κ1) is 6.77. The van der Waals surface area contributed by atoms with Crippen molar-refractivity contribution in [1.29, 1.82) is 0 Å². The number of rotatable bonds is 0. The normalized spacial score (nSPS) is 12.3. The van der Waals surface area contributed by atoms with Crippen LogP contribution in [0.3, 0.4) is 0 Å². The van der Waals surface area contributed by atoms with Crippen molar-refractivity contribution in [2.24, 2.45) is 0 Å². The molecule has 1 aromatic carbocycles. The van der Waals surface area contributed by atoms with Crippen LogP contribution in [0.4, 0.5) is 0 Å². The molecule has 0 atom stereocenters. The molecule has 0 unspecified atom stereocenters. The van der Waals surface area contributed by atoms with Crippen LogP contribution in [0.2, 0.25) is 0 Å². The topological polar surface area (TPSA) is 27.1 Å². The number of hydrogen-bond acceptors (Lipinski definition) is 2. The van der Waals surface area contributed by atoms with E-state index in [-0.39, 0.29) is 0 Å². The highest BCUT2D eigenvalue weighted by atomic mass is 16.4. The molecule has 2 aromatic rings. The Labute approximate surface area is 76.3 Å². The molecule has 0 saturated heterocycles. The van der Waals surface area contributed by atoms with Gasteiger partial charge in [0.05, 0.1) is 5.69 Å². The summed E-state index contributed by atoms with van der Waals surface area (Å²) in [5.74, 6) is 0.924. The van der Waals surface area contributed by atoms with Crippen LogP contribution in [0, 0.1) is 0 Å². The maximum Gasteiger partial charge on any atom is 0.412 e. The van der Waals surface area contributed by atoms with Gasteiger partial charge >= 0.3 is 7.48 Å². The van der Waals surface area contributed by atoms with E-state index in [9.17, 15) is 0 Å². The van der Waals surface area contributed by atoms with Crippen LogP contribution >= 0.6 is 0 Å². The van der Waals surface area contributed by atoms with Crippen LogP contribution in [-0.2, 0) is 0 Å². The first-order chi connectivity index (χ1) is 6.45. The van der Waals surface area contributed by atoms with Gasteiger partial charge in [0.15, 0.2) is 0 Å². The second-order valence-corrected chi connectivity index (χ2v) is 2.97. The lowest BCUT2D eigenvalue weighted by molar-refractivity contribution is 0.586. The van der Waals surface area contributed by atoms with Crippen molar-refractivity contribution in [3.63, 3.8) is 0 Å². The summed E-state index contributed by atoms with van der Waals surface area (Å²) < 4.78 is 7.58. The quantitative estimate of drug-likeness (QED) is 0.529. The van der Waals surface area contributed by atoms with Gasteiger partial charge in [0.25, 0.3) is 0 Å². The SMILES string of the molecule is B1Oc2ccccc2-n2ccnc21. The lowest BCUT2D eigenvalue weighted by atomic mass is 9.97. The van der Waals surface area contributed by atoms with Gasteiger partial charge in [0, 0.05) is 12.4 Å². The number of hydrogen-bond donors (Lipinski definition) is 0.